The Balaban J connectivity index is 2.28. The van der Waals surface area contributed by atoms with Crippen LogP contribution in [0.25, 0.3) is 0 Å². The van der Waals surface area contributed by atoms with Crippen molar-refractivity contribution < 1.29 is 0 Å². The predicted octanol–water partition coefficient (Wildman–Crippen LogP) is 3.33. The van der Waals surface area contributed by atoms with E-state index in [9.17, 15) is 0 Å². The molecule has 1 aromatic rings. The maximum atomic E-state index is 4.06. The standard InChI is InChI=1S/C12H15/c1-2-12(9-6-10-12)11-7-4-3-5-8-11/h3-5,7-8H,1-2,6,9-10H2. The molecule has 0 heterocycles. The molecule has 0 heteroatoms. The average molecular weight is 159 g/mol. The summed E-state index contributed by atoms with van der Waals surface area (Å²) in [5.41, 5.74) is 1.94. The summed E-state index contributed by atoms with van der Waals surface area (Å²) in [4.78, 5) is 0. The van der Waals surface area contributed by atoms with Crippen LogP contribution in [0, 0.1) is 6.92 Å². The summed E-state index contributed by atoms with van der Waals surface area (Å²) in [7, 11) is 0. The highest BCUT2D eigenvalue weighted by Gasteiger charge is 2.36. The Kier molecular flexibility index (Phi) is 1.92. The molecule has 0 aromatic heterocycles. The van der Waals surface area contributed by atoms with Gasteiger partial charge < -0.3 is 0 Å². The minimum atomic E-state index is 0.446. The number of hydrogen-bond donors (Lipinski definition) is 0. The maximum absolute atomic E-state index is 4.06. The number of benzene rings is 1. The molecule has 12 heavy (non-hydrogen) atoms. The van der Waals surface area contributed by atoms with Gasteiger partial charge in [-0.3, -0.25) is 0 Å². The Morgan fingerprint density at radius 2 is 1.83 bits per heavy atom. The molecule has 63 valence electrons. The molecule has 0 aliphatic heterocycles. The van der Waals surface area contributed by atoms with Crippen molar-refractivity contribution in [1.29, 1.82) is 0 Å². The van der Waals surface area contributed by atoms with Crippen molar-refractivity contribution >= 4 is 0 Å². The van der Waals surface area contributed by atoms with Gasteiger partial charge in [0, 0.05) is 0 Å². The van der Waals surface area contributed by atoms with Crippen molar-refractivity contribution in [2.24, 2.45) is 0 Å². The fraction of sp³-hybridized carbons (Fsp3) is 0.417. The van der Waals surface area contributed by atoms with Crippen molar-refractivity contribution in [3.8, 4) is 0 Å². The van der Waals surface area contributed by atoms with Crippen molar-refractivity contribution in [1.82, 2.24) is 0 Å². The molecule has 1 aliphatic rings. The van der Waals surface area contributed by atoms with Gasteiger partial charge in [0.2, 0.25) is 0 Å². The second-order valence-electron chi connectivity index (χ2n) is 3.75. The highest BCUT2D eigenvalue weighted by Crippen LogP contribution is 2.45. The predicted molar refractivity (Wildman–Crippen MR) is 51.9 cm³/mol. The lowest BCUT2D eigenvalue weighted by molar-refractivity contribution is 0.245. The van der Waals surface area contributed by atoms with E-state index >= 15 is 0 Å². The molecule has 0 saturated heterocycles. The second-order valence-corrected chi connectivity index (χ2v) is 3.75. The maximum Gasteiger partial charge on any atom is -0.00470 e. The SMILES string of the molecule is [CH2]CC1(c2ccccc2)CCC1. The Morgan fingerprint density at radius 3 is 2.25 bits per heavy atom. The fourth-order valence-electron chi connectivity index (χ4n) is 2.08. The van der Waals surface area contributed by atoms with Gasteiger partial charge in [-0.05, 0) is 30.2 Å². The lowest BCUT2D eigenvalue weighted by atomic mass is 9.63. The van der Waals surface area contributed by atoms with E-state index in [0.717, 1.165) is 6.42 Å². The van der Waals surface area contributed by atoms with Crippen molar-refractivity contribution in [2.45, 2.75) is 31.1 Å². The van der Waals surface area contributed by atoms with Crippen LogP contribution in [0.5, 0.6) is 0 Å². The third kappa shape index (κ3) is 1.06. The fourth-order valence-corrected chi connectivity index (χ4v) is 2.08. The van der Waals surface area contributed by atoms with Crippen LogP contribution in [0.1, 0.15) is 31.2 Å². The Bertz CT molecular complexity index is 238. The van der Waals surface area contributed by atoms with Gasteiger partial charge in [-0.15, -0.1) is 0 Å². The van der Waals surface area contributed by atoms with Gasteiger partial charge >= 0.3 is 0 Å². The third-order valence-electron chi connectivity index (χ3n) is 3.18. The summed E-state index contributed by atoms with van der Waals surface area (Å²) in [6.07, 6.45) is 5.10. The van der Waals surface area contributed by atoms with E-state index in [1.54, 1.807) is 0 Å². The van der Waals surface area contributed by atoms with Crippen molar-refractivity contribution in [3.63, 3.8) is 0 Å². The second kappa shape index (κ2) is 2.93. The van der Waals surface area contributed by atoms with Gasteiger partial charge in [-0.1, -0.05) is 43.7 Å². The molecule has 1 fully saturated rings. The van der Waals surface area contributed by atoms with Crippen LogP contribution in [0.2, 0.25) is 0 Å². The largest absolute Gasteiger partial charge is 0.0622 e. The van der Waals surface area contributed by atoms with Crippen LogP contribution < -0.4 is 0 Å². The van der Waals surface area contributed by atoms with E-state index in [0.29, 0.717) is 5.41 Å². The van der Waals surface area contributed by atoms with E-state index in [1.165, 1.54) is 24.8 Å². The number of hydrogen-bond acceptors (Lipinski definition) is 0. The lowest BCUT2D eigenvalue weighted by Crippen LogP contribution is -2.33. The summed E-state index contributed by atoms with van der Waals surface area (Å²) in [6.45, 7) is 4.06. The highest BCUT2D eigenvalue weighted by molar-refractivity contribution is 5.27. The third-order valence-corrected chi connectivity index (χ3v) is 3.18. The van der Waals surface area contributed by atoms with Gasteiger partial charge in [0.15, 0.2) is 0 Å². The van der Waals surface area contributed by atoms with E-state index in [4.69, 9.17) is 0 Å². The Hall–Kier alpha value is -0.780. The van der Waals surface area contributed by atoms with Crippen molar-refractivity contribution in [3.05, 3.63) is 42.8 Å². The first-order chi connectivity index (χ1) is 5.87. The first-order valence-corrected chi connectivity index (χ1v) is 4.72. The summed E-state index contributed by atoms with van der Waals surface area (Å²) < 4.78 is 0. The van der Waals surface area contributed by atoms with Gasteiger partial charge in [-0.2, -0.15) is 0 Å². The first-order valence-electron chi connectivity index (χ1n) is 4.72. The minimum Gasteiger partial charge on any atom is -0.0622 e. The Morgan fingerprint density at radius 1 is 1.17 bits per heavy atom. The van der Waals surface area contributed by atoms with Crippen LogP contribution in [0.4, 0.5) is 0 Å². The molecule has 1 aromatic carbocycles. The zero-order valence-electron chi connectivity index (χ0n) is 7.42. The van der Waals surface area contributed by atoms with Crippen LogP contribution in [-0.4, -0.2) is 0 Å². The molecule has 1 saturated carbocycles. The zero-order valence-corrected chi connectivity index (χ0v) is 7.42. The molecule has 2 rings (SSSR count). The highest BCUT2D eigenvalue weighted by atomic mass is 14.4. The molecular weight excluding hydrogens is 144 g/mol. The van der Waals surface area contributed by atoms with Gasteiger partial charge in [0.25, 0.3) is 0 Å². The molecule has 0 amide bonds. The lowest BCUT2D eigenvalue weighted by Gasteiger charge is -2.41. The molecule has 0 spiro atoms. The molecule has 0 unspecified atom stereocenters. The van der Waals surface area contributed by atoms with Crippen LogP contribution in [-0.2, 0) is 5.41 Å². The molecule has 0 atom stereocenters. The summed E-state index contributed by atoms with van der Waals surface area (Å²) in [5, 5.41) is 0. The molecule has 1 radical (unpaired) electrons. The molecule has 0 N–H and O–H groups in total. The summed E-state index contributed by atoms with van der Waals surface area (Å²) >= 11 is 0. The molecule has 1 aliphatic carbocycles. The smallest absolute Gasteiger partial charge is 0.00470 e. The number of rotatable bonds is 2. The van der Waals surface area contributed by atoms with Crippen molar-refractivity contribution in [2.75, 3.05) is 0 Å². The molecule has 0 nitrogen and oxygen atoms in total. The van der Waals surface area contributed by atoms with Crippen LogP contribution in [0.15, 0.2) is 30.3 Å². The van der Waals surface area contributed by atoms with E-state index < -0.39 is 0 Å². The summed E-state index contributed by atoms with van der Waals surface area (Å²) in [6, 6.07) is 10.8. The van der Waals surface area contributed by atoms with Gasteiger partial charge in [0.1, 0.15) is 0 Å². The molecule has 0 bridgehead atoms. The van der Waals surface area contributed by atoms with Gasteiger partial charge in [-0.25, -0.2) is 0 Å². The zero-order chi connectivity index (χ0) is 8.44. The first kappa shape index (κ1) is 7.85. The van der Waals surface area contributed by atoms with Crippen LogP contribution >= 0.6 is 0 Å². The topological polar surface area (TPSA) is 0 Å². The minimum absolute atomic E-state index is 0.446. The van der Waals surface area contributed by atoms with Gasteiger partial charge in [0.05, 0.1) is 0 Å². The molecular formula is C12H15. The van der Waals surface area contributed by atoms with E-state index in [-0.39, 0.29) is 0 Å². The van der Waals surface area contributed by atoms with E-state index in [1.807, 2.05) is 0 Å². The summed E-state index contributed by atoms with van der Waals surface area (Å²) in [5.74, 6) is 0. The van der Waals surface area contributed by atoms with E-state index in [2.05, 4.69) is 37.3 Å². The van der Waals surface area contributed by atoms with Crippen LogP contribution in [0.3, 0.4) is 0 Å². The average Bonchev–Trinajstić information content (AvgIpc) is 2.05. The quantitative estimate of drug-likeness (QED) is 0.621. The Labute approximate surface area is 74.6 Å². The monoisotopic (exact) mass is 159 g/mol. The normalized spacial score (nSPS) is 20.1.